The van der Waals surface area contributed by atoms with Gasteiger partial charge in [-0.2, -0.15) is 4.98 Å². The second kappa shape index (κ2) is 16.1. The molecule has 0 atom stereocenters. The Bertz CT molecular complexity index is 1840. The molecule has 15 heteroatoms. The van der Waals surface area contributed by atoms with Gasteiger partial charge in [-0.3, -0.25) is 24.2 Å². The number of aromatic nitrogens is 5. The first kappa shape index (κ1) is 36.1. The largest absolute Gasteiger partial charge is 0.343 e. The molecule has 3 amide bonds. The van der Waals surface area contributed by atoms with Gasteiger partial charge >= 0.3 is 0 Å². The number of pyridine rings is 2. The van der Waals surface area contributed by atoms with Crippen molar-refractivity contribution in [3.05, 3.63) is 70.9 Å². The van der Waals surface area contributed by atoms with Crippen LogP contribution in [0.4, 0.5) is 11.8 Å². The molecule has 0 bridgehead atoms. The van der Waals surface area contributed by atoms with Crippen molar-refractivity contribution in [1.29, 1.82) is 0 Å². The smallest absolute Gasteiger partial charge is 0.270 e. The summed E-state index contributed by atoms with van der Waals surface area (Å²) in [5, 5.41) is 4.56. The summed E-state index contributed by atoms with van der Waals surface area (Å²) in [6, 6.07) is 9.79. The minimum atomic E-state index is -0.0243. The molecule has 270 valence electrons. The summed E-state index contributed by atoms with van der Waals surface area (Å²) >= 11 is 5.71. The molecule has 14 nitrogen and oxygen atoms in total. The molecule has 6 heterocycles. The van der Waals surface area contributed by atoms with Crippen LogP contribution in [0.3, 0.4) is 0 Å². The number of hydrogen-bond donors (Lipinski definition) is 1. The Morgan fingerprint density at radius 1 is 0.843 bits per heavy atom. The van der Waals surface area contributed by atoms with Gasteiger partial charge in [0.25, 0.3) is 5.91 Å². The van der Waals surface area contributed by atoms with Gasteiger partial charge in [0.05, 0.1) is 13.1 Å². The van der Waals surface area contributed by atoms with E-state index in [4.69, 9.17) is 16.6 Å². The van der Waals surface area contributed by atoms with Crippen molar-refractivity contribution in [2.75, 3.05) is 72.8 Å². The van der Waals surface area contributed by atoms with Gasteiger partial charge in [0, 0.05) is 97.5 Å². The minimum absolute atomic E-state index is 0.0243. The fraction of sp³-hybridized carbons (Fsp3) is 0.472. The summed E-state index contributed by atoms with van der Waals surface area (Å²) in [6.45, 7) is 5.66. The number of amides is 3. The SMILES string of the molecule is CN(C)C(=O)c1cc2cnc(Nc3ccc(CN4CCN(C)C(=O)C4)cn3)nc2n1C1CCCC1.CN1CCN(Cc2ccc(Cl)nc2)CC1=O. The third kappa shape index (κ3) is 8.99. The first-order chi connectivity index (χ1) is 24.5. The van der Waals surface area contributed by atoms with Crippen LogP contribution in [-0.4, -0.2) is 134 Å². The quantitative estimate of drug-likeness (QED) is 0.269. The summed E-state index contributed by atoms with van der Waals surface area (Å²) < 4.78 is 2.10. The number of hydrogen-bond acceptors (Lipinski definition) is 10. The fourth-order valence-electron chi connectivity index (χ4n) is 6.60. The molecular weight excluding hydrogens is 670 g/mol. The van der Waals surface area contributed by atoms with Crippen LogP contribution in [-0.2, 0) is 22.7 Å². The van der Waals surface area contributed by atoms with Gasteiger partial charge in [0.15, 0.2) is 0 Å². The maximum atomic E-state index is 12.9. The second-order valence-electron chi connectivity index (χ2n) is 13.7. The molecule has 0 spiro atoms. The van der Waals surface area contributed by atoms with Crippen molar-refractivity contribution in [2.24, 2.45) is 0 Å². The molecule has 1 N–H and O–H groups in total. The highest BCUT2D eigenvalue weighted by molar-refractivity contribution is 6.29. The molecule has 4 aromatic rings. The molecule has 0 unspecified atom stereocenters. The normalized spacial score (nSPS) is 17.5. The van der Waals surface area contributed by atoms with Crippen molar-refractivity contribution in [3.8, 4) is 0 Å². The number of likely N-dealkylation sites (N-methyl/N-ethyl adjacent to an activating group) is 2. The van der Waals surface area contributed by atoms with Crippen molar-refractivity contribution >= 4 is 52.1 Å². The Balaban J connectivity index is 0.000000234. The summed E-state index contributed by atoms with van der Waals surface area (Å²) in [4.78, 5) is 63.5. The lowest BCUT2D eigenvalue weighted by Gasteiger charge is -2.31. The molecule has 7 rings (SSSR count). The zero-order valence-electron chi connectivity index (χ0n) is 29.8. The number of anilines is 2. The van der Waals surface area contributed by atoms with Crippen LogP contribution in [0.5, 0.6) is 0 Å². The van der Waals surface area contributed by atoms with Gasteiger partial charge in [-0.1, -0.05) is 36.6 Å². The Labute approximate surface area is 303 Å². The average molecular weight is 716 g/mol. The second-order valence-corrected chi connectivity index (χ2v) is 14.1. The fourth-order valence-corrected chi connectivity index (χ4v) is 6.71. The number of nitrogens with one attached hydrogen (secondary N) is 1. The molecule has 3 aliphatic rings. The Morgan fingerprint density at radius 3 is 1.98 bits per heavy atom. The highest BCUT2D eigenvalue weighted by Crippen LogP contribution is 2.35. The Morgan fingerprint density at radius 2 is 1.45 bits per heavy atom. The molecule has 0 radical (unpaired) electrons. The molecule has 2 saturated heterocycles. The summed E-state index contributed by atoms with van der Waals surface area (Å²) in [5.41, 5.74) is 3.57. The van der Waals surface area contributed by atoms with E-state index < -0.39 is 0 Å². The molecule has 0 aromatic carbocycles. The number of nitrogens with zero attached hydrogens (tertiary/aromatic N) is 10. The molecule has 3 fully saturated rings. The van der Waals surface area contributed by atoms with Crippen molar-refractivity contribution in [2.45, 2.75) is 44.8 Å². The highest BCUT2D eigenvalue weighted by atomic mass is 35.5. The van der Waals surface area contributed by atoms with Gasteiger partial charge in [-0.15, -0.1) is 0 Å². The standard InChI is InChI=1S/C25H32N8O2.C11H14ClN3O/c1-30(2)24(35)20-12-18-14-27-25(29-23(18)33(20)19-6-4-5-7-19)28-21-9-8-17(13-26-21)15-32-11-10-31(3)22(34)16-32;1-14-4-5-15(8-11(14)16)7-9-2-3-10(12)13-6-9/h8-9,12-14,19H,4-7,10-11,15-16H2,1-3H3,(H,26,27,28,29);2-3,6H,4-5,7-8H2,1H3. The highest BCUT2D eigenvalue weighted by Gasteiger charge is 2.27. The summed E-state index contributed by atoms with van der Waals surface area (Å²) in [5.74, 6) is 1.39. The van der Waals surface area contributed by atoms with E-state index in [-0.39, 0.29) is 23.8 Å². The van der Waals surface area contributed by atoms with Gasteiger partial charge in [-0.25, -0.2) is 15.0 Å². The third-order valence-corrected chi connectivity index (χ3v) is 9.85. The van der Waals surface area contributed by atoms with Crippen LogP contribution in [0.2, 0.25) is 5.15 Å². The molecule has 1 aliphatic carbocycles. The lowest BCUT2D eigenvalue weighted by Crippen LogP contribution is -2.47. The van der Waals surface area contributed by atoms with E-state index >= 15 is 0 Å². The zero-order valence-corrected chi connectivity index (χ0v) is 30.5. The molecule has 2 aliphatic heterocycles. The average Bonchev–Trinajstić information content (AvgIpc) is 3.78. The molecule has 4 aromatic heterocycles. The predicted molar refractivity (Wildman–Crippen MR) is 196 cm³/mol. The van der Waals surface area contributed by atoms with E-state index in [1.807, 2.05) is 44.6 Å². The number of carbonyl (C=O) groups excluding carboxylic acids is 3. The molecule has 51 heavy (non-hydrogen) atoms. The van der Waals surface area contributed by atoms with Crippen molar-refractivity contribution < 1.29 is 14.4 Å². The van der Waals surface area contributed by atoms with Gasteiger partial charge in [0.2, 0.25) is 17.8 Å². The van der Waals surface area contributed by atoms with E-state index in [9.17, 15) is 14.4 Å². The number of rotatable bonds is 8. The maximum absolute atomic E-state index is 12.9. The van der Waals surface area contributed by atoms with Gasteiger partial charge < -0.3 is 24.6 Å². The van der Waals surface area contributed by atoms with Crippen LogP contribution in [0, 0.1) is 0 Å². The number of carbonyl (C=O) groups is 3. The third-order valence-electron chi connectivity index (χ3n) is 9.63. The first-order valence-electron chi connectivity index (χ1n) is 17.4. The maximum Gasteiger partial charge on any atom is 0.270 e. The Kier molecular flexibility index (Phi) is 11.4. The zero-order chi connectivity index (χ0) is 36.1. The number of fused-ring (bicyclic) bond motifs is 1. The van der Waals surface area contributed by atoms with E-state index in [1.54, 1.807) is 47.3 Å². The number of halogens is 1. The molecular formula is C36H46ClN11O3. The van der Waals surface area contributed by atoms with Gasteiger partial charge in [-0.05, 0) is 42.2 Å². The van der Waals surface area contributed by atoms with Crippen LogP contribution in [0.1, 0.15) is 53.3 Å². The van der Waals surface area contributed by atoms with E-state index in [0.29, 0.717) is 42.2 Å². The first-order valence-corrected chi connectivity index (χ1v) is 17.8. The van der Waals surface area contributed by atoms with E-state index in [1.165, 1.54) is 0 Å². The van der Waals surface area contributed by atoms with E-state index in [0.717, 1.165) is 80.6 Å². The van der Waals surface area contributed by atoms with Crippen molar-refractivity contribution in [1.82, 2.24) is 49.0 Å². The monoisotopic (exact) mass is 715 g/mol. The Hall–Kier alpha value is -4.66. The topological polar surface area (TPSA) is 136 Å². The minimum Gasteiger partial charge on any atom is -0.343 e. The summed E-state index contributed by atoms with van der Waals surface area (Å²) in [6.07, 6.45) is 9.76. The summed E-state index contributed by atoms with van der Waals surface area (Å²) in [7, 11) is 7.22. The predicted octanol–water partition coefficient (Wildman–Crippen LogP) is 3.67. The lowest BCUT2D eigenvalue weighted by atomic mass is 10.2. The molecule has 1 saturated carbocycles. The van der Waals surface area contributed by atoms with Gasteiger partial charge in [0.1, 0.15) is 22.3 Å². The van der Waals surface area contributed by atoms with Crippen LogP contribution >= 0.6 is 11.6 Å². The van der Waals surface area contributed by atoms with Crippen molar-refractivity contribution in [3.63, 3.8) is 0 Å². The lowest BCUT2D eigenvalue weighted by molar-refractivity contribution is -0.135. The van der Waals surface area contributed by atoms with E-state index in [2.05, 4.69) is 34.6 Å². The van der Waals surface area contributed by atoms with Crippen LogP contribution in [0.25, 0.3) is 11.0 Å². The number of piperazine rings is 2. The van der Waals surface area contributed by atoms with Crippen LogP contribution < -0.4 is 5.32 Å². The van der Waals surface area contributed by atoms with Crippen LogP contribution in [0.15, 0.2) is 48.9 Å².